The van der Waals surface area contributed by atoms with Gasteiger partial charge >= 0.3 is 0 Å². The minimum Gasteiger partial charge on any atom is -0.370 e. The van der Waals surface area contributed by atoms with Gasteiger partial charge in [-0.05, 0) is 45.4 Å². The summed E-state index contributed by atoms with van der Waals surface area (Å²) in [6, 6.07) is -2.43. The molecule has 0 spiro atoms. The van der Waals surface area contributed by atoms with E-state index in [2.05, 4.69) is 31.3 Å². The Kier molecular flexibility index (Phi) is 20.4. The molecule has 45 heavy (non-hydrogen) atoms. The van der Waals surface area contributed by atoms with Crippen molar-refractivity contribution in [3.05, 3.63) is 0 Å². The maximum absolute atomic E-state index is 13.5. The summed E-state index contributed by atoms with van der Waals surface area (Å²) >= 11 is 0. The Bertz CT molecular complexity index is 1040. The Balaban J connectivity index is 5.53. The number of guanidine groups is 2. The number of nitrogens with one attached hydrogen (secondary N) is 4. The molecule has 16 N–H and O–H groups in total. The van der Waals surface area contributed by atoms with E-state index < -0.39 is 54.1 Å². The predicted octanol–water partition coefficient (Wildman–Crippen LogP) is -4.85. The second kappa shape index (κ2) is 22.8. The molecule has 256 valence electrons. The third-order valence-electron chi connectivity index (χ3n) is 6.15. The van der Waals surface area contributed by atoms with Gasteiger partial charge in [0.25, 0.3) is 0 Å². The highest BCUT2D eigenvalue weighted by molar-refractivity contribution is 5.93. The van der Waals surface area contributed by atoms with E-state index >= 15 is 0 Å². The first-order valence-corrected chi connectivity index (χ1v) is 14.7. The zero-order chi connectivity index (χ0) is 34.4. The number of amides is 6. The molecule has 0 saturated carbocycles. The second-order valence-electron chi connectivity index (χ2n) is 10.3. The van der Waals surface area contributed by atoms with E-state index in [1.165, 1.54) is 4.90 Å². The van der Waals surface area contributed by atoms with Crippen LogP contribution in [0.4, 0.5) is 0 Å². The van der Waals surface area contributed by atoms with E-state index in [-0.39, 0.29) is 69.9 Å². The van der Waals surface area contributed by atoms with Crippen LogP contribution in [-0.2, 0) is 28.8 Å². The van der Waals surface area contributed by atoms with Crippen molar-refractivity contribution in [2.75, 3.05) is 39.3 Å². The molecule has 6 amide bonds. The van der Waals surface area contributed by atoms with Crippen molar-refractivity contribution in [1.29, 1.82) is 0 Å². The Morgan fingerprint density at radius 1 is 0.756 bits per heavy atom. The van der Waals surface area contributed by atoms with E-state index in [1.54, 1.807) is 6.92 Å². The van der Waals surface area contributed by atoms with Crippen LogP contribution in [0.5, 0.6) is 0 Å². The number of carbonyl (C=O) groups excluding carboxylic acids is 6. The minimum absolute atomic E-state index is 0.0948. The van der Waals surface area contributed by atoms with Crippen LogP contribution in [0.2, 0.25) is 0 Å². The summed E-state index contributed by atoms with van der Waals surface area (Å²) in [5.74, 6) is -3.62. The first-order chi connectivity index (χ1) is 21.2. The second-order valence-corrected chi connectivity index (χ2v) is 10.3. The van der Waals surface area contributed by atoms with Gasteiger partial charge < -0.3 is 60.6 Å². The predicted molar refractivity (Wildman–Crippen MR) is 169 cm³/mol. The molecule has 0 bridgehead atoms. The number of aliphatic imine (C=N–C) groups is 2. The van der Waals surface area contributed by atoms with Crippen molar-refractivity contribution >= 4 is 47.4 Å². The minimum atomic E-state index is -1.07. The van der Waals surface area contributed by atoms with E-state index in [1.807, 2.05) is 6.92 Å². The van der Waals surface area contributed by atoms with Crippen molar-refractivity contribution < 1.29 is 28.8 Å². The summed E-state index contributed by atoms with van der Waals surface area (Å²) in [6.07, 6.45) is 1.93. The zero-order valence-corrected chi connectivity index (χ0v) is 26.2. The Morgan fingerprint density at radius 3 is 1.82 bits per heavy atom. The first-order valence-electron chi connectivity index (χ1n) is 14.7. The van der Waals surface area contributed by atoms with Gasteiger partial charge in [-0.1, -0.05) is 6.92 Å². The zero-order valence-electron chi connectivity index (χ0n) is 26.2. The molecule has 0 aliphatic rings. The highest BCUT2D eigenvalue weighted by Gasteiger charge is 2.28. The lowest BCUT2D eigenvalue weighted by Gasteiger charge is -2.28. The molecule has 0 aliphatic heterocycles. The SMILES string of the molecule is CCCN(CC(=O)NC(C)CCC(N)=O)C(=O)C(CCCN=C(N)N)NC(=O)CNC(=O)C(CCCN=C(N)N)NC(=O)CN. The number of nitrogens with two attached hydrogens (primary N) is 6. The molecule has 0 rings (SSSR count). The quantitative estimate of drug-likeness (QED) is 0.0286. The fraction of sp³-hybridized carbons (Fsp3) is 0.692. The van der Waals surface area contributed by atoms with Crippen LogP contribution in [0.1, 0.15) is 58.8 Å². The molecule has 0 radical (unpaired) electrons. The van der Waals surface area contributed by atoms with E-state index in [0.717, 1.165) is 0 Å². The fourth-order valence-corrected chi connectivity index (χ4v) is 4.00. The van der Waals surface area contributed by atoms with Crippen LogP contribution >= 0.6 is 0 Å². The Morgan fingerprint density at radius 2 is 1.31 bits per heavy atom. The van der Waals surface area contributed by atoms with Crippen molar-refractivity contribution in [3.63, 3.8) is 0 Å². The summed E-state index contributed by atoms with van der Waals surface area (Å²) in [5.41, 5.74) is 31.9. The number of primary amides is 1. The maximum Gasteiger partial charge on any atom is 0.245 e. The lowest BCUT2D eigenvalue weighted by Crippen LogP contribution is -2.54. The van der Waals surface area contributed by atoms with Crippen molar-refractivity contribution in [2.24, 2.45) is 44.4 Å². The maximum atomic E-state index is 13.5. The molecule has 19 nitrogen and oxygen atoms in total. The van der Waals surface area contributed by atoms with Gasteiger partial charge in [-0.15, -0.1) is 0 Å². The van der Waals surface area contributed by atoms with Crippen molar-refractivity contribution in [1.82, 2.24) is 26.2 Å². The van der Waals surface area contributed by atoms with Crippen LogP contribution < -0.4 is 55.7 Å². The summed E-state index contributed by atoms with van der Waals surface area (Å²) in [7, 11) is 0. The summed E-state index contributed by atoms with van der Waals surface area (Å²) in [6.45, 7) is 3.02. The third-order valence-corrected chi connectivity index (χ3v) is 6.15. The monoisotopic (exact) mass is 641 g/mol. The van der Waals surface area contributed by atoms with E-state index in [4.69, 9.17) is 34.4 Å². The number of nitrogens with zero attached hydrogens (tertiary/aromatic N) is 3. The van der Waals surface area contributed by atoms with Gasteiger partial charge in [0.15, 0.2) is 11.9 Å². The molecule has 0 aromatic rings. The molecule has 0 aromatic carbocycles. The van der Waals surface area contributed by atoms with Gasteiger partial charge in [-0.25, -0.2) is 0 Å². The molecular weight excluding hydrogens is 590 g/mol. The van der Waals surface area contributed by atoms with Gasteiger partial charge in [0, 0.05) is 32.1 Å². The third kappa shape index (κ3) is 20.0. The van der Waals surface area contributed by atoms with Gasteiger partial charge in [0.1, 0.15) is 12.1 Å². The Labute approximate surface area is 263 Å². The highest BCUT2D eigenvalue weighted by atomic mass is 16.2. The molecule has 0 fully saturated rings. The molecule has 0 heterocycles. The first kappa shape index (κ1) is 40.3. The topological polar surface area (TPSA) is 335 Å². The van der Waals surface area contributed by atoms with Crippen LogP contribution in [0.25, 0.3) is 0 Å². The summed E-state index contributed by atoms with van der Waals surface area (Å²) in [4.78, 5) is 83.8. The molecule has 0 saturated heterocycles. The molecule has 19 heteroatoms. The average molecular weight is 642 g/mol. The molecular formula is C26H51N13O6. The smallest absolute Gasteiger partial charge is 0.245 e. The van der Waals surface area contributed by atoms with Gasteiger partial charge in [0.05, 0.1) is 19.6 Å². The fourth-order valence-electron chi connectivity index (χ4n) is 4.00. The number of hydrogen-bond donors (Lipinski definition) is 10. The van der Waals surface area contributed by atoms with Crippen LogP contribution in [0.15, 0.2) is 9.98 Å². The summed E-state index contributed by atoms with van der Waals surface area (Å²) in [5, 5.41) is 10.3. The normalized spacial score (nSPS) is 12.4. The van der Waals surface area contributed by atoms with Crippen molar-refractivity contribution in [2.45, 2.75) is 76.9 Å². The van der Waals surface area contributed by atoms with Gasteiger partial charge in [-0.3, -0.25) is 38.8 Å². The number of hydrogen-bond acceptors (Lipinski definition) is 9. The van der Waals surface area contributed by atoms with Crippen LogP contribution in [0, 0.1) is 0 Å². The molecule has 0 aromatic heterocycles. The van der Waals surface area contributed by atoms with Gasteiger partial charge in [-0.2, -0.15) is 0 Å². The lowest BCUT2D eigenvalue weighted by molar-refractivity contribution is -0.140. The molecule has 3 atom stereocenters. The van der Waals surface area contributed by atoms with E-state index in [9.17, 15) is 28.8 Å². The number of rotatable bonds is 23. The average Bonchev–Trinajstić information content (AvgIpc) is 2.96. The largest absolute Gasteiger partial charge is 0.370 e. The Hall–Kier alpha value is -4.68. The highest BCUT2D eigenvalue weighted by Crippen LogP contribution is 2.06. The van der Waals surface area contributed by atoms with Crippen LogP contribution in [-0.4, -0.2) is 110 Å². The lowest BCUT2D eigenvalue weighted by atomic mass is 10.1. The molecule has 3 unspecified atom stereocenters. The van der Waals surface area contributed by atoms with Crippen LogP contribution in [0.3, 0.4) is 0 Å². The summed E-state index contributed by atoms with van der Waals surface area (Å²) < 4.78 is 0. The standard InChI is InChI=1S/C26H51N13O6/c1-3-12-39(15-22(43)36-16(2)8-9-19(28)40)24(45)18(7-5-11-34-26(31)32)38-21(42)14-35-23(44)17(37-20(41)13-27)6-4-10-33-25(29)30/h16-18H,3-15,27H2,1-2H3,(H2,28,40)(H,35,44)(H,36,43)(H,37,41)(H,38,42)(H4,29,30,33)(H4,31,32,34). The van der Waals surface area contributed by atoms with E-state index in [0.29, 0.717) is 25.7 Å². The number of carbonyl (C=O) groups is 6. The van der Waals surface area contributed by atoms with Gasteiger partial charge in [0.2, 0.25) is 35.4 Å². The molecule has 0 aliphatic carbocycles. The van der Waals surface area contributed by atoms with Crippen molar-refractivity contribution in [3.8, 4) is 0 Å².